The SMILES string of the molecule is COC(=O)/C=C/C=C/C=C(C)/C=C/C1=C(C)CCCC1(C)C. The van der Waals surface area contributed by atoms with Crippen molar-refractivity contribution < 1.29 is 9.53 Å². The molecule has 0 fully saturated rings. The molecule has 0 aromatic heterocycles. The van der Waals surface area contributed by atoms with E-state index in [9.17, 15) is 4.79 Å². The van der Waals surface area contributed by atoms with E-state index >= 15 is 0 Å². The van der Waals surface area contributed by atoms with Crippen LogP contribution in [0.3, 0.4) is 0 Å². The Bertz CT molecular complexity index is 540. The molecule has 0 atom stereocenters. The van der Waals surface area contributed by atoms with E-state index in [0.29, 0.717) is 0 Å². The predicted molar refractivity (Wildman–Crippen MR) is 93.5 cm³/mol. The molecule has 22 heavy (non-hydrogen) atoms. The molecule has 0 aliphatic heterocycles. The highest BCUT2D eigenvalue weighted by Crippen LogP contribution is 2.40. The van der Waals surface area contributed by atoms with E-state index in [1.54, 1.807) is 6.08 Å². The van der Waals surface area contributed by atoms with Gasteiger partial charge in [-0.05, 0) is 44.1 Å². The molecule has 1 aliphatic rings. The van der Waals surface area contributed by atoms with Gasteiger partial charge < -0.3 is 4.74 Å². The summed E-state index contributed by atoms with van der Waals surface area (Å²) < 4.78 is 4.52. The molecule has 2 heteroatoms. The lowest BCUT2D eigenvalue weighted by Crippen LogP contribution is -2.19. The van der Waals surface area contributed by atoms with Gasteiger partial charge in [0.15, 0.2) is 0 Å². The molecular formula is C20H28O2. The van der Waals surface area contributed by atoms with Crippen molar-refractivity contribution in [2.45, 2.75) is 47.0 Å². The predicted octanol–water partition coefficient (Wildman–Crippen LogP) is 5.30. The number of ether oxygens (including phenoxy) is 1. The Morgan fingerprint density at radius 1 is 1.18 bits per heavy atom. The summed E-state index contributed by atoms with van der Waals surface area (Å²) in [6, 6.07) is 0. The fourth-order valence-electron chi connectivity index (χ4n) is 2.75. The maximum atomic E-state index is 10.9. The third kappa shape index (κ3) is 5.88. The number of rotatable bonds is 5. The molecule has 0 aromatic carbocycles. The van der Waals surface area contributed by atoms with Gasteiger partial charge in [0, 0.05) is 6.08 Å². The van der Waals surface area contributed by atoms with E-state index in [2.05, 4.69) is 44.6 Å². The molecule has 2 nitrogen and oxygen atoms in total. The van der Waals surface area contributed by atoms with Crippen LogP contribution in [0.25, 0.3) is 0 Å². The monoisotopic (exact) mass is 300 g/mol. The van der Waals surface area contributed by atoms with Crippen molar-refractivity contribution in [1.29, 1.82) is 0 Å². The molecule has 0 unspecified atom stereocenters. The minimum Gasteiger partial charge on any atom is -0.466 e. The Hall–Kier alpha value is -1.83. The summed E-state index contributed by atoms with van der Waals surface area (Å²) in [5, 5.41) is 0. The van der Waals surface area contributed by atoms with Gasteiger partial charge in [-0.3, -0.25) is 0 Å². The zero-order valence-electron chi connectivity index (χ0n) is 14.5. The first-order valence-electron chi connectivity index (χ1n) is 7.84. The van der Waals surface area contributed by atoms with E-state index in [4.69, 9.17) is 0 Å². The van der Waals surface area contributed by atoms with Crippen LogP contribution in [0.15, 0.2) is 59.3 Å². The van der Waals surface area contributed by atoms with Gasteiger partial charge in [-0.25, -0.2) is 4.79 Å². The zero-order valence-corrected chi connectivity index (χ0v) is 14.5. The van der Waals surface area contributed by atoms with E-state index in [1.165, 1.54) is 49.2 Å². The van der Waals surface area contributed by atoms with Crippen molar-refractivity contribution in [3.05, 3.63) is 59.3 Å². The van der Waals surface area contributed by atoms with Crippen molar-refractivity contribution in [3.8, 4) is 0 Å². The average molecular weight is 300 g/mol. The molecule has 0 aromatic rings. The number of methoxy groups -OCH3 is 1. The van der Waals surface area contributed by atoms with Crippen LogP contribution in [-0.4, -0.2) is 13.1 Å². The van der Waals surface area contributed by atoms with E-state index in [0.717, 1.165) is 0 Å². The first-order chi connectivity index (χ1) is 10.4. The van der Waals surface area contributed by atoms with Crippen LogP contribution in [0.1, 0.15) is 47.0 Å². The molecule has 0 spiro atoms. The van der Waals surface area contributed by atoms with Crippen LogP contribution in [0.2, 0.25) is 0 Å². The van der Waals surface area contributed by atoms with Gasteiger partial charge in [0.2, 0.25) is 0 Å². The Labute approximate surface area is 134 Å². The molecule has 0 bridgehead atoms. The summed E-state index contributed by atoms with van der Waals surface area (Å²) in [6.07, 6.45) is 17.0. The third-order valence-corrected chi connectivity index (χ3v) is 4.07. The fourth-order valence-corrected chi connectivity index (χ4v) is 2.75. The maximum absolute atomic E-state index is 10.9. The van der Waals surface area contributed by atoms with Gasteiger partial charge in [-0.15, -0.1) is 0 Å². The second-order valence-electron chi connectivity index (χ2n) is 6.44. The minimum absolute atomic E-state index is 0.276. The van der Waals surface area contributed by atoms with Crippen LogP contribution >= 0.6 is 0 Å². The third-order valence-electron chi connectivity index (χ3n) is 4.07. The maximum Gasteiger partial charge on any atom is 0.330 e. The Morgan fingerprint density at radius 3 is 2.55 bits per heavy atom. The molecule has 1 rings (SSSR count). The molecule has 0 amide bonds. The van der Waals surface area contributed by atoms with Crippen LogP contribution in [0, 0.1) is 5.41 Å². The van der Waals surface area contributed by atoms with Gasteiger partial charge in [0.05, 0.1) is 7.11 Å². The van der Waals surface area contributed by atoms with E-state index in [1.807, 2.05) is 18.2 Å². The summed E-state index contributed by atoms with van der Waals surface area (Å²) in [4.78, 5) is 10.9. The lowest BCUT2D eigenvalue weighted by atomic mass is 9.72. The first kappa shape index (κ1) is 18.2. The van der Waals surface area contributed by atoms with Crippen molar-refractivity contribution in [3.63, 3.8) is 0 Å². The van der Waals surface area contributed by atoms with Gasteiger partial charge in [-0.2, -0.15) is 0 Å². The van der Waals surface area contributed by atoms with Crippen LogP contribution in [0.4, 0.5) is 0 Å². The molecule has 0 N–H and O–H groups in total. The number of carbonyl (C=O) groups is 1. The molecular weight excluding hydrogens is 272 g/mol. The molecule has 0 radical (unpaired) electrons. The van der Waals surface area contributed by atoms with Gasteiger partial charge >= 0.3 is 5.97 Å². The van der Waals surface area contributed by atoms with E-state index in [-0.39, 0.29) is 11.4 Å². The second kappa shape index (κ2) is 8.57. The highest BCUT2D eigenvalue weighted by Gasteiger charge is 2.26. The van der Waals surface area contributed by atoms with Gasteiger partial charge in [-0.1, -0.05) is 61.4 Å². The largest absolute Gasteiger partial charge is 0.466 e. The van der Waals surface area contributed by atoms with Crippen LogP contribution in [0.5, 0.6) is 0 Å². The molecule has 0 saturated carbocycles. The number of allylic oxidation sites excluding steroid dienone is 9. The summed E-state index contributed by atoms with van der Waals surface area (Å²) in [5.41, 5.74) is 4.44. The highest BCUT2D eigenvalue weighted by atomic mass is 16.5. The summed E-state index contributed by atoms with van der Waals surface area (Å²) in [6.45, 7) is 8.98. The number of hydrogen-bond acceptors (Lipinski definition) is 2. The number of hydrogen-bond donors (Lipinski definition) is 0. The minimum atomic E-state index is -0.341. The lowest BCUT2D eigenvalue weighted by Gasteiger charge is -2.32. The molecule has 1 aliphatic carbocycles. The smallest absolute Gasteiger partial charge is 0.330 e. The summed E-state index contributed by atoms with van der Waals surface area (Å²) >= 11 is 0. The summed E-state index contributed by atoms with van der Waals surface area (Å²) in [7, 11) is 1.37. The first-order valence-corrected chi connectivity index (χ1v) is 7.84. The molecule has 0 heterocycles. The zero-order chi connectivity index (χ0) is 16.6. The van der Waals surface area contributed by atoms with Crippen LogP contribution in [-0.2, 0) is 9.53 Å². The van der Waals surface area contributed by atoms with Crippen molar-refractivity contribution in [1.82, 2.24) is 0 Å². The van der Waals surface area contributed by atoms with Crippen molar-refractivity contribution >= 4 is 5.97 Å². The topological polar surface area (TPSA) is 26.3 Å². The number of carbonyl (C=O) groups excluding carboxylic acids is 1. The van der Waals surface area contributed by atoms with Crippen molar-refractivity contribution in [2.75, 3.05) is 7.11 Å². The summed E-state index contributed by atoms with van der Waals surface area (Å²) in [5.74, 6) is -0.341. The lowest BCUT2D eigenvalue weighted by molar-refractivity contribution is -0.134. The average Bonchev–Trinajstić information content (AvgIpc) is 2.45. The second-order valence-corrected chi connectivity index (χ2v) is 6.44. The van der Waals surface area contributed by atoms with E-state index < -0.39 is 0 Å². The molecule has 120 valence electrons. The standard InChI is InChI=1S/C20H28O2/c1-16(10-7-6-8-12-19(21)22-5)13-14-18-17(2)11-9-15-20(18,3)4/h6-8,10,12-14H,9,11,15H2,1-5H3/b7-6+,12-8+,14-13+,16-10+. The quantitative estimate of drug-likeness (QED) is 0.391. The normalized spacial score (nSPS) is 19.6. The Kier molecular flexibility index (Phi) is 7.10. The van der Waals surface area contributed by atoms with Crippen LogP contribution < -0.4 is 0 Å². The number of esters is 1. The Morgan fingerprint density at radius 2 is 1.91 bits per heavy atom. The molecule has 0 saturated heterocycles. The fraction of sp³-hybridized carbons (Fsp3) is 0.450. The van der Waals surface area contributed by atoms with Gasteiger partial charge in [0.1, 0.15) is 0 Å². The van der Waals surface area contributed by atoms with Gasteiger partial charge in [0.25, 0.3) is 0 Å². The Balaban J connectivity index is 2.69. The van der Waals surface area contributed by atoms with Crippen molar-refractivity contribution in [2.24, 2.45) is 5.41 Å². The highest BCUT2D eigenvalue weighted by molar-refractivity contribution is 5.82.